The van der Waals surface area contributed by atoms with E-state index >= 15 is 0 Å². The summed E-state index contributed by atoms with van der Waals surface area (Å²) in [6.45, 7) is 7.82. The molecule has 0 bridgehead atoms. The predicted molar refractivity (Wildman–Crippen MR) is 123 cm³/mol. The molecule has 1 rings (SSSR count). The maximum absolute atomic E-state index is 13.1. The summed E-state index contributed by atoms with van der Waals surface area (Å²) in [6, 6.07) is 8.60. The topological polar surface area (TPSA) is 99.2 Å². The summed E-state index contributed by atoms with van der Waals surface area (Å²) in [5, 5.41) is 11.9. The number of imide groups is 1. The molecule has 0 saturated heterocycles. The number of nitrogens with zero attached hydrogens (tertiary/aromatic N) is 2. The Labute approximate surface area is 191 Å². The van der Waals surface area contributed by atoms with Crippen molar-refractivity contribution < 1.29 is 24.3 Å². The van der Waals surface area contributed by atoms with Crippen molar-refractivity contribution in [1.82, 2.24) is 15.5 Å². The molecule has 0 spiro atoms. The first-order valence-corrected chi connectivity index (χ1v) is 11.0. The number of methoxy groups -OCH3 is 1. The average Bonchev–Trinajstić information content (AvgIpc) is 2.75. The van der Waals surface area contributed by atoms with Crippen LogP contribution in [-0.2, 0) is 19.1 Å². The molecule has 0 radical (unpaired) electrons. The average molecular weight is 448 g/mol. The molecule has 2 N–H and O–H groups in total. The highest BCUT2D eigenvalue weighted by Crippen LogP contribution is 2.18. The second-order valence-electron chi connectivity index (χ2n) is 8.52. The lowest BCUT2D eigenvalue weighted by Crippen LogP contribution is -2.60. The number of carbonyl (C=O) groups is 3. The van der Waals surface area contributed by atoms with E-state index in [0.29, 0.717) is 6.42 Å². The molecule has 1 aromatic carbocycles. The summed E-state index contributed by atoms with van der Waals surface area (Å²) in [5.41, 5.74) is 2.64. The second-order valence-corrected chi connectivity index (χ2v) is 8.52. The molecule has 0 saturated carbocycles. The van der Waals surface area contributed by atoms with Crippen molar-refractivity contribution in [2.45, 2.75) is 53.0 Å². The SMILES string of the molecule is COCC(=O)N(C(=O)CCC(C)C)N(CC(C)C)[C@@H](CC=Cc1ccccc1)C(=O)NO. The number of rotatable bonds is 13. The number of hydrogen-bond acceptors (Lipinski definition) is 6. The summed E-state index contributed by atoms with van der Waals surface area (Å²) in [7, 11) is 1.38. The molecule has 0 aliphatic heterocycles. The van der Waals surface area contributed by atoms with Crippen LogP contribution in [0.5, 0.6) is 0 Å². The van der Waals surface area contributed by atoms with Crippen molar-refractivity contribution in [2.75, 3.05) is 20.3 Å². The monoisotopic (exact) mass is 447 g/mol. The Hall–Kier alpha value is -2.55. The minimum atomic E-state index is -0.967. The van der Waals surface area contributed by atoms with Crippen LogP contribution >= 0.6 is 0 Å². The number of ether oxygens (including phenoxy) is 1. The number of amides is 3. The maximum atomic E-state index is 13.1. The third-order valence-corrected chi connectivity index (χ3v) is 4.73. The number of hydrogen-bond donors (Lipinski definition) is 2. The molecular formula is C24H37N3O5. The second kappa shape index (κ2) is 14.5. The number of nitrogens with one attached hydrogen (secondary N) is 1. The summed E-state index contributed by atoms with van der Waals surface area (Å²) >= 11 is 0. The molecule has 3 amide bonds. The van der Waals surface area contributed by atoms with Gasteiger partial charge in [-0.3, -0.25) is 19.6 Å². The molecule has 0 heterocycles. The molecule has 0 aliphatic rings. The van der Waals surface area contributed by atoms with Gasteiger partial charge >= 0.3 is 0 Å². The van der Waals surface area contributed by atoms with Gasteiger partial charge in [-0.2, -0.15) is 5.01 Å². The van der Waals surface area contributed by atoms with Gasteiger partial charge in [0.25, 0.3) is 11.8 Å². The van der Waals surface area contributed by atoms with Gasteiger partial charge in [0.1, 0.15) is 12.6 Å². The first-order valence-electron chi connectivity index (χ1n) is 11.0. The quantitative estimate of drug-likeness (QED) is 0.356. The zero-order valence-electron chi connectivity index (χ0n) is 19.8. The zero-order chi connectivity index (χ0) is 24.1. The smallest absolute Gasteiger partial charge is 0.269 e. The van der Waals surface area contributed by atoms with E-state index < -0.39 is 23.8 Å². The molecule has 0 aromatic heterocycles. The highest BCUT2D eigenvalue weighted by atomic mass is 16.5. The van der Waals surface area contributed by atoms with Gasteiger partial charge in [-0.25, -0.2) is 10.5 Å². The minimum absolute atomic E-state index is 0.0397. The summed E-state index contributed by atoms with van der Waals surface area (Å²) < 4.78 is 4.99. The Morgan fingerprint density at radius 3 is 2.25 bits per heavy atom. The van der Waals surface area contributed by atoms with Crippen LogP contribution in [0.1, 0.15) is 52.5 Å². The van der Waals surface area contributed by atoms with Crippen molar-refractivity contribution >= 4 is 23.8 Å². The fourth-order valence-electron chi connectivity index (χ4n) is 3.19. The number of hydroxylamine groups is 1. The standard InChI is InChI=1S/C24H37N3O5/c1-18(2)14-15-22(28)27(23(29)17-32-5)26(16-19(3)4)21(24(30)25-31)13-9-12-20-10-7-6-8-11-20/h6-12,18-19,21,31H,13-17H2,1-5H3,(H,25,30)/t21-/m0/s1. The summed E-state index contributed by atoms with van der Waals surface area (Å²) in [5.74, 6) is -1.33. The van der Waals surface area contributed by atoms with Crippen molar-refractivity contribution in [3.63, 3.8) is 0 Å². The first kappa shape index (κ1) is 27.5. The highest BCUT2D eigenvalue weighted by Gasteiger charge is 2.36. The van der Waals surface area contributed by atoms with Crippen LogP contribution in [0, 0.1) is 11.8 Å². The van der Waals surface area contributed by atoms with Gasteiger partial charge in [-0.1, -0.05) is 70.2 Å². The van der Waals surface area contributed by atoms with Crippen molar-refractivity contribution in [1.29, 1.82) is 0 Å². The fraction of sp³-hybridized carbons (Fsp3) is 0.542. The predicted octanol–water partition coefficient (Wildman–Crippen LogP) is 3.27. The van der Waals surface area contributed by atoms with E-state index in [9.17, 15) is 19.6 Å². The van der Waals surface area contributed by atoms with Gasteiger partial charge < -0.3 is 4.74 Å². The zero-order valence-corrected chi connectivity index (χ0v) is 19.8. The van der Waals surface area contributed by atoms with Crippen LogP contribution in [0.2, 0.25) is 0 Å². The molecule has 32 heavy (non-hydrogen) atoms. The Kier molecular flexibility index (Phi) is 12.5. The Morgan fingerprint density at radius 2 is 1.72 bits per heavy atom. The van der Waals surface area contributed by atoms with Gasteiger partial charge in [0.05, 0.1) is 0 Å². The molecule has 0 unspecified atom stereocenters. The van der Waals surface area contributed by atoms with Crippen LogP contribution < -0.4 is 5.48 Å². The molecule has 0 aliphatic carbocycles. The van der Waals surface area contributed by atoms with E-state index in [0.717, 1.165) is 10.6 Å². The van der Waals surface area contributed by atoms with Crippen LogP contribution in [0.25, 0.3) is 6.08 Å². The lowest BCUT2D eigenvalue weighted by molar-refractivity contribution is -0.175. The van der Waals surface area contributed by atoms with Crippen molar-refractivity contribution in [2.24, 2.45) is 11.8 Å². The first-order chi connectivity index (χ1) is 15.2. The molecule has 178 valence electrons. The molecule has 8 nitrogen and oxygen atoms in total. The van der Waals surface area contributed by atoms with Crippen LogP contribution in [-0.4, -0.2) is 59.2 Å². The highest BCUT2D eigenvalue weighted by molar-refractivity contribution is 5.96. The van der Waals surface area contributed by atoms with E-state index in [1.54, 1.807) is 11.6 Å². The lowest BCUT2D eigenvalue weighted by Gasteiger charge is -2.38. The third-order valence-electron chi connectivity index (χ3n) is 4.73. The molecular weight excluding hydrogens is 410 g/mol. The van der Waals surface area contributed by atoms with Gasteiger partial charge in [0.15, 0.2) is 0 Å². The number of hydrazine groups is 1. The lowest BCUT2D eigenvalue weighted by atomic mass is 10.1. The molecule has 0 fully saturated rings. The summed E-state index contributed by atoms with van der Waals surface area (Å²) in [6.07, 6.45) is 4.60. The number of carbonyl (C=O) groups excluding carboxylic acids is 3. The van der Waals surface area contributed by atoms with E-state index in [-0.39, 0.29) is 37.8 Å². The fourth-order valence-corrected chi connectivity index (χ4v) is 3.19. The van der Waals surface area contributed by atoms with E-state index in [1.807, 2.05) is 64.1 Å². The van der Waals surface area contributed by atoms with Crippen LogP contribution in [0.4, 0.5) is 0 Å². The Balaban J connectivity index is 3.29. The third kappa shape index (κ3) is 9.30. The van der Waals surface area contributed by atoms with Gasteiger partial charge in [-0.15, -0.1) is 0 Å². The normalized spacial score (nSPS) is 12.5. The Morgan fingerprint density at radius 1 is 1.06 bits per heavy atom. The van der Waals surface area contributed by atoms with Crippen molar-refractivity contribution in [3.05, 3.63) is 42.0 Å². The van der Waals surface area contributed by atoms with Gasteiger partial charge in [0, 0.05) is 20.1 Å². The van der Waals surface area contributed by atoms with Crippen molar-refractivity contribution in [3.8, 4) is 0 Å². The van der Waals surface area contributed by atoms with E-state index in [1.165, 1.54) is 12.1 Å². The Bertz CT molecular complexity index is 749. The molecule has 1 atom stereocenters. The maximum Gasteiger partial charge on any atom is 0.269 e. The number of benzene rings is 1. The molecule has 1 aromatic rings. The summed E-state index contributed by atoms with van der Waals surface area (Å²) in [4.78, 5) is 38.6. The van der Waals surface area contributed by atoms with E-state index in [2.05, 4.69) is 0 Å². The van der Waals surface area contributed by atoms with Gasteiger partial charge in [-0.05, 0) is 30.2 Å². The van der Waals surface area contributed by atoms with Gasteiger partial charge in [0.2, 0.25) is 5.91 Å². The largest absolute Gasteiger partial charge is 0.375 e. The van der Waals surface area contributed by atoms with E-state index in [4.69, 9.17) is 4.74 Å². The van der Waals surface area contributed by atoms with Crippen LogP contribution in [0.15, 0.2) is 36.4 Å². The molecule has 8 heteroatoms. The minimum Gasteiger partial charge on any atom is -0.375 e. The van der Waals surface area contributed by atoms with Crippen LogP contribution in [0.3, 0.4) is 0 Å².